The van der Waals surface area contributed by atoms with E-state index in [1.165, 1.54) is 0 Å². The molecular weight excluding hydrogens is 169 g/mol. The maximum atomic E-state index is 12.6. The zero-order valence-corrected chi connectivity index (χ0v) is 8.85. The molecule has 0 aliphatic carbocycles. The van der Waals surface area contributed by atoms with Crippen LogP contribution in [0.2, 0.25) is 0 Å². The Morgan fingerprint density at radius 1 is 1.54 bits per heavy atom. The maximum absolute atomic E-state index is 12.6. The first kappa shape index (κ1) is 10.9. The summed E-state index contributed by atoms with van der Waals surface area (Å²) in [4.78, 5) is 2.28. The lowest BCUT2D eigenvalue weighted by Crippen LogP contribution is -2.48. The number of nitrogens with zero attached hydrogens (tertiary/aromatic N) is 1. The van der Waals surface area contributed by atoms with Crippen molar-refractivity contribution in [3.05, 3.63) is 0 Å². The van der Waals surface area contributed by atoms with Crippen LogP contribution in [0.5, 0.6) is 0 Å². The summed E-state index contributed by atoms with van der Waals surface area (Å²) in [6.45, 7) is 9.26. The molecule has 78 valence electrons. The van der Waals surface area contributed by atoms with Crippen LogP contribution in [-0.4, -0.2) is 42.9 Å². The Balaban J connectivity index is 2.26. The second kappa shape index (κ2) is 4.38. The van der Waals surface area contributed by atoms with Crippen molar-refractivity contribution in [1.82, 2.24) is 4.90 Å². The monoisotopic (exact) mass is 189 g/mol. The molecule has 0 amide bonds. The Labute approximate surface area is 80.1 Å². The van der Waals surface area contributed by atoms with Crippen LogP contribution in [0.15, 0.2) is 0 Å². The van der Waals surface area contributed by atoms with Gasteiger partial charge in [0.15, 0.2) is 0 Å². The fraction of sp³-hybridized carbons (Fsp3) is 1.00. The number of halogens is 1. The largest absolute Gasteiger partial charge is 0.373 e. The van der Waals surface area contributed by atoms with E-state index in [9.17, 15) is 4.39 Å². The van der Waals surface area contributed by atoms with Gasteiger partial charge in [-0.1, -0.05) is 0 Å². The summed E-state index contributed by atoms with van der Waals surface area (Å²) in [6, 6.07) is 0. The van der Waals surface area contributed by atoms with Gasteiger partial charge in [-0.05, 0) is 27.2 Å². The van der Waals surface area contributed by atoms with Crippen LogP contribution in [0.25, 0.3) is 0 Å². The van der Waals surface area contributed by atoms with Crippen molar-refractivity contribution in [2.24, 2.45) is 0 Å². The van der Waals surface area contributed by atoms with Gasteiger partial charge in [0.25, 0.3) is 0 Å². The van der Waals surface area contributed by atoms with Crippen LogP contribution < -0.4 is 0 Å². The SMILES string of the molecule is CC(F)CCN1CCOC(C)(C)C1. The fourth-order valence-electron chi connectivity index (χ4n) is 1.67. The lowest BCUT2D eigenvalue weighted by Gasteiger charge is -2.38. The van der Waals surface area contributed by atoms with E-state index in [0.29, 0.717) is 6.42 Å². The molecule has 3 heteroatoms. The molecule has 2 nitrogen and oxygen atoms in total. The minimum atomic E-state index is -0.689. The molecule has 0 aromatic heterocycles. The number of ether oxygens (including phenoxy) is 1. The Morgan fingerprint density at radius 2 is 2.23 bits per heavy atom. The van der Waals surface area contributed by atoms with Crippen molar-refractivity contribution in [1.29, 1.82) is 0 Å². The van der Waals surface area contributed by atoms with E-state index < -0.39 is 6.17 Å². The molecule has 1 saturated heterocycles. The lowest BCUT2D eigenvalue weighted by atomic mass is 10.1. The summed E-state index contributed by atoms with van der Waals surface area (Å²) in [6.07, 6.45) is -0.0539. The molecule has 0 N–H and O–H groups in total. The zero-order valence-electron chi connectivity index (χ0n) is 8.85. The van der Waals surface area contributed by atoms with E-state index >= 15 is 0 Å². The van der Waals surface area contributed by atoms with E-state index in [1.807, 2.05) is 0 Å². The summed E-state index contributed by atoms with van der Waals surface area (Å²) < 4.78 is 18.2. The van der Waals surface area contributed by atoms with E-state index in [1.54, 1.807) is 6.92 Å². The van der Waals surface area contributed by atoms with E-state index in [0.717, 1.165) is 26.2 Å². The predicted molar refractivity (Wildman–Crippen MR) is 51.7 cm³/mol. The first-order valence-electron chi connectivity index (χ1n) is 5.00. The van der Waals surface area contributed by atoms with Gasteiger partial charge in [0.2, 0.25) is 0 Å². The number of hydrogen-bond donors (Lipinski definition) is 0. The number of morpholine rings is 1. The van der Waals surface area contributed by atoms with Crippen LogP contribution in [0.4, 0.5) is 4.39 Å². The van der Waals surface area contributed by atoms with Crippen LogP contribution in [-0.2, 0) is 4.74 Å². The van der Waals surface area contributed by atoms with Gasteiger partial charge in [0.1, 0.15) is 0 Å². The van der Waals surface area contributed by atoms with Gasteiger partial charge >= 0.3 is 0 Å². The highest BCUT2D eigenvalue weighted by atomic mass is 19.1. The summed E-state index contributed by atoms with van der Waals surface area (Å²) >= 11 is 0. The summed E-state index contributed by atoms with van der Waals surface area (Å²) in [7, 11) is 0. The quantitative estimate of drug-likeness (QED) is 0.671. The average Bonchev–Trinajstić information content (AvgIpc) is 1.99. The van der Waals surface area contributed by atoms with Crippen LogP contribution in [0.1, 0.15) is 27.2 Å². The molecule has 1 fully saturated rings. The molecule has 0 radical (unpaired) electrons. The van der Waals surface area contributed by atoms with Gasteiger partial charge in [-0.2, -0.15) is 0 Å². The van der Waals surface area contributed by atoms with Crippen molar-refractivity contribution in [3.63, 3.8) is 0 Å². The van der Waals surface area contributed by atoms with Crippen molar-refractivity contribution < 1.29 is 9.13 Å². The van der Waals surface area contributed by atoms with Crippen molar-refractivity contribution in [3.8, 4) is 0 Å². The molecule has 1 rings (SSSR count). The third-order valence-electron chi connectivity index (χ3n) is 2.35. The second-order valence-corrected chi connectivity index (χ2v) is 4.45. The number of rotatable bonds is 3. The molecule has 0 aromatic rings. The van der Waals surface area contributed by atoms with Crippen molar-refractivity contribution >= 4 is 0 Å². The predicted octanol–water partition coefficient (Wildman–Crippen LogP) is 1.85. The normalized spacial score (nSPS) is 25.8. The fourth-order valence-corrected chi connectivity index (χ4v) is 1.67. The number of alkyl halides is 1. The second-order valence-electron chi connectivity index (χ2n) is 4.45. The molecule has 1 atom stereocenters. The molecule has 1 unspecified atom stereocenters. The minimum absolute atomic E-state index is 0.0577. The van der Waals surface area contributed by atoms with Crippen LogP contribution >= 0.6 is 0 Å². The molecule has 0 spiro atoms. The Bertz CT molecular complexity index is 159. The molecule has 1 aliphatic heterocycles. The molecular formula is C10H20FNO. The zero-order chi connectivity index (χ0) is 9.90. The van der Waals surface area contributed by atoms with Gasteiger partial charge in [-0.25, -0.2) is 4.39 Å². The first-order valence-corrected chi connectivity index (χ1v) is 5.00. The van der Waals surface area contributed by atoms with Gasteiger partial charge < -0.3 is 4.74 Å². The van der Waals surface area contributed by atoms with Gasteiger partial charge in [-0.15, -0.1) is 0 Å². The van der Waals surface area contributed by atoms with Gasteiger partial charge in [-0.3, -0.25) is 4.90 Å². The maximum Gasteiger partial charge on any atom is 0.0985 e. The van der Waals surface area contributed by atoms with E-state index in [2.05, 4.69) is 18.7 Å². The molecule has 1 heterocycles. The summed E-state index contributed by atoms with van der Waals surface area (Å²) in [5, 5.41) is 0. The minimum Gasteiger partial charge on any atom is -0.373 e. The molecule has 0 aromatic carbocycles. The standard InChI is InChI=1S/C10H20FNO/c1-9(11)4-5-12-6-7-13-10(2,3)8-12/h9H,4-8H2,1-3H3. The molecule has 1 aliphatic rings. The third-order valence-corrected chi connectivity index (χ3v) is 2.35. The average molecular weight is 189 g/mol. The Morgan fingerprint density at radius 3 is 2.77 bits per heavy atom. The molecule has 13 heavy (non-hydrogen) atoms. The molecule has 0 bridgehead atoms. The third kappa shape index (κ3) is 4.05. The first-order chi connectivity index (χ1) is 5.99. The number of hydrogen-bond acceptors (Lipinski definition) is 2. The van der Waals surface area contributed by atoms with E-state index in [-0.39, 0.29) is 5.60 Å². The Kier molecular flexibility index (Phi) is 3.68. The van der Waals surface area contributed by atoms with Gasteiger partial charge in [0.05, 0.1) is 18.4 Å². The topological polar surface area (TPSA) is 12.5 Å². The summed E-state index contributed by atoms with van der Waals surface area (Å²) in [5.41, 5.74) is -0.0577. The van der Waals surface area contributed by atoms with E-state index in [4.69, 9.17) is 4.74 Å². The molecule has 0 saturated carbocycles. The highest BCUT2D eigenvalue weighted by Gasteiger charge is 2.26. The smallest absolute Gasteiger partial charge is 0.0985 e. The summed E-state index contributed by atoms with van der Waals surface area (Å²) in [5.74, 6) is 0. The van der Waals surface area contributed by atoms with Crippen molar-refractivity contribution in [2.45, 2.75) is 39.0 Å². The van der Waals surface area contributed by atoms with Gasteiger partial charge in [0, 0.05) is 19.6 Å². The lowest BCUT2D eigenvalue weighted by molar-refractivity contribution is -0.0868. The highest BCUT2D eigenvalue weighted by molar-refractivity contribution is 4.79. The van der Waals surface area contributed by atoms with Crippen molar-refractivity contribution in [2.75, 3.05) is 26.2 Å². The Hall–Kier alpha value is -0.150. The van der Waals surface area contributed by atoms with Crippen LogP contribution in [0, 0.1) is 0 Å². The highest BCUT2D eigenvalue weighted by Crippen LogP contribution is 2.16. The van der Waals surface area contributed by atoms with Crippen LogP contribution in [0.3, 0.4) is 0 Å².